The molecule has 0 spiro atoms. The number of halogens is 2. The van der Waals surface area contributed by atoms with Gasteiger partial charge in [0.2, 0.25) is 0 Å². The zero-order chi connectivity index (χ0) is 19.2. The molecule has 26 heavy (non-hydrogen) atoms. The third kappa shape index (κ3) is 7.07. The summed E-state index contributed by atoms with van der Waals surface area (Å²) in [6.45, 7) is 0.0454. The molecule has 0 radical (unpaired) electrons. The van der Waals surface area contributed by atoms with Crippen LogP contribution in [0.15, 0.2) is 42.5 Å². The SMILES string of the molecule is CS(=O)(=O)SCCOC(=O)Cc1cccc(Nc2c(Cl)cccc2Cl)c1. The normalized spacial score (nSPS) is 11.2. The van der Waals surface area contributed by atoms with Crippen LogP contribution in [0.4, 0.5) is 11.4 Å². The first kappa shape index (κ1) is 20.9. The van der Waals surface area contributed by atoms with Crippen LogP contribution in [-0.4, -0.2) is 33.0 Å². The predicted molar refractivity (Wildman–Crippen MR) is 108 cm³/mol. The van der Waals surface area contributed by atoms with Gasteiger partial charge in [0.1, 0.15) is 6.61 Å². The molecule has 0 aliphatic carbocycles. The molecule has 5 nitrogen and oxygen atoms in total. The third-order valence-corrected chi connectivity index (χ3v) is 6.33. The molecular weight excluding hydrogens is 417 g/mol. The first-order chi connectivity index (χ1) is 12.2. The zero-order valence-electron chi connectivity index (χ0n) is 13.9. The second kappa shape index (κ2) is 9.50. The fraction of sp³-hybridized carbons (Fsp3) is 0.235. The van der Waals surface area contributed by atoms with Crippen molar-refractivity contribution < 1.29 is 17.9 Å². The van der Waals surface area contributed by atoms with Gasteiger partial charge in [-0.25, -0.2) is 8.42 Å². The average Bonchev–Trinajstić information content (AvgIpc) is 2.55. The van der Waals surface area contributed by atoms with E-state index in [9.17, 15) is 13.2 Å². The summed E-state index contributed by atoms with van der Waals surface area (Å²) < 4.78 is 27.0. The first-order valence-electron chi connectivity index (χ1n) is 7.54. The van der Waals surface area contributed by atoms with Crippen LogP contribution in [0.25, 0.3) is 0 Å². The highest BCUT2D eigenvalue weighted by molar-refractivity contribution is 8.71. The van der Waals surface area contributed by atoms with Crippen LogP contribution < -0.4 is 5.32 Å². The topological polar surface area (TPSA) is 72.5 Å². The minimum Gasteiger partial charge on any atom is -0.465 e. The Morgan fingerprint density at radius 3 is 2.46 bits per heavy atom. The lowest BCUT2D eigenvalue weighted by atomic mass is 10.1. The molecule has 0 fully saturated rings. The third-order valence-electron chi connectivity index (χ3n) is 3.15. The molecule has 0 aliphatic heterocycles. The maximum atomic E-state index is 11.9. The van der Waals surface area contributed by atoms with E-state index in [2.05, 4.69) is 5.32 Å². The minimum absolute atomic E-state index is 0.0454. The van der Waals surface area contributed by atoms with Crippen LogP contribution in [0, 0.1) is 0 Å². The van der Waals surface area contributed by atoms with Crippen molar-refractivity contribution in [3.05, 3.63) is 58.1 Å². The van der Waals surface area contributed by atoms with Gasteiger partial charge in [-0.3, -0.25) is 4.79 Å². The van der Waals surface area contributed by atoms with Crippen molar-refractivity contribution in [3.63, 3.8) is 0 Å². The molecule has 0 saturated carbocycles. The van der Waals surface area contributed by atoms with Crippen LogP contribution >= 0.6 is 34.0 Å². The van der Waals surface area contributed by atoms with Crippen molar-refractivity contribution in [3.8, 4) is 0 Å². The summed E-state index contributed by atoms with van der Waals surface area (Å²) in [5.41, 5.74) is 2.07. The van der Waals surface area contributed by atoms with Crippen molar-refractivity contribution in [2.45, 2.75) is 6.42 Å². The lowest BCUT2D eigenvalue weighted by molar-refractivity contribution is -0.142. The quantitative estimate of drug-likeness (QED) is 0.374. The second-order valence-corrected chi connectivity index (χ2v) is 10.7. The van der Waals surface area contributed by atoms with Gasteiger partial charge in [-0.05, 0) is 40.6 Å². The summed E-state index contributed by atoms with van der Waals surface area (Å²) in [6.07, 6.45) is 1.19. The highest BCUT2D eigenvalue weighted by Gasteiger charge is 2.09. The highest BCUT2D eigenvalue weighted by Crippen LogP contribution is 2.32. The maximum Gasteiger partial charge on any atom is 0.310 e. The molecule has 0 saturated heterocycles. The van der Waals surface area contributed by atoms with E-state index in [0.29, 0.717) is 15.7 Å². The van der Waals surface area contributed by atoms with Crippen LogP contribution in [0.2, 0.25) is 10.0 Å². The van der Waals surface area contributed by atoms with E-state index < -0.39 is 14.8 Å². The number of hydrogen-bond donors (Lipinski definition) is 1. The molecule has 0 aromatic heterocycles. The molecule has 9 heteroatoms. The molecule has 2 rings (SSSR count). The van der Waals surface area contributed by atoms with Crippen LogP contribution in [0.3, 0.4) is 0 Å². The first-order valence-corrected chi connectivity index (χ1v) is 11.7. The zero-order valence-corrected chi connectivity index (χ0v) is 17.0. The molecule has 1 N–H and O–H groups in total. The summed E-state index contributed by atoms with van der Waals surface area (Å²) in [4.78, 5) is 11.9. The van der Waals surface area contributed by atoms with E-state index in [0.717, 1.165) is 28.3 Å². The number of para-hydroxylation sites is 1. The van der Waals surface area contributed by atoms with Crippen LogP contribution in [0.5, 0.6) is 0 Å². The Labute approximate surface area is 166 Å². The van der Waals surface area contributed by atoms with E-state index in [4.69, 9.17) is 27.9 Å². The number of carbonyl (C=O) groups excluding carboxylic acids is 1. The number of nitrogens with one attached hydrogen (secondary N) is 1. The van der Waals surface area contributed by atoms with Crippen LogP contribution in [-0.2, 0) is 24.8 Å². The number of esters is 1. The Bertz CT molecular complexity index is 868. The maximum absolute atomic E-state index is 11.9. The summed E-state index contributed by atoms with van der Waals surface area (Å²) in [7, 11) is -2.38. The molecule has 140 valence electrons. The van der Waals surface area contributed by atoms with E-state index >= 15 is 0 Å². The lowest BCUT2D eigenvalue weighted by Crippen LogP contribution is -2.11. The van der Waals surface area contributed by atoms with Gasteiger partial charge < -0.3 is 10.1 Å². The average molecular weight is 434 g/mol. The van der Waals surface area contributed by atoms with Gasteiger partial charge in [0.05, 0.1) is 22.2 Å². The fourth-order valence-corrected chi connectivity index (χ4v) is 4.14. The van der Waals surface area contributed by atoms with E-state index in [1.807, 2.05) is 6.07 Å². The Balaban J connectivity index is 1.93. The van der Waals surface area contributed by atoms with Gasteiger partial charge in [0.25, 0.3) is 0 Å². The molecular formula is C17H17Cl2NO4S2. The standard InChI is InChI=1S/C17H17Cl2NO4S2/c1-26(22,23)25-9-8-24-16(21)11-12-4-2-5-13(10-12)20-17-14(18)6-3-7-15(17)19/h2-7,10,20H,8-9,11H2,1H3. The number of benzene rings is 2. The van der Waals surface area contributed by atoms with Crippen molar-refractivity contribution in [2.75, 3.05) is 23.9 Å². The second-order valence-electron chi connectivity index (χ2n) is 5.35. The lowest BCUT2D eigenvalue weighted by Gasteiger charge is -2.11. The van der Waals surface area contributed by atoms with Gasteiger partial charge in [-0.1, -0.05) is 41.4 Å². The number of hydrogen-bond acceptors (Lipinski definition) is 6. The Morgan fingerprint density at radius 1 is 1.15 bits per heavy atom. The van der Waals surface area contributed by atoms with Gasteiger partial charge in [-0.2, -0.15) is 0 Å². The molecule has 2 aromatic carbocycles. The summed E-state index contributed by atoms with van der Waals surface area (Å²) in [5, 5.41) is 4.12. The molecule has 0 aliphatic rings. The number of carbonyl (C=O) groups is 1. The number of ether oxygens (including phenoxy) is 1. The van der Waals surface area contributed by atoms with E-state index in [1.165, 1.54) is 0 Å². The summed E-state index contributed by atoms with van der Waals surface area (Å²) >= 11 is 12.3. The highest BCUT2D eigenvalue weighted by atomic mass is 35.5. The van der Waals surface area contributed by atoms with Gasteiger partial charge in [-0.15, -0.1) is 0 Å². The van der Waals surface area contributed by atoms with Gasteiger partial charge in [0.15, 0.2) is 8.87 Å². The van der Waals surface area contributed by atoms with Crippen molar-refractivity contribution in [1.82, 2.24) is 0 Å². The Hall–Kier alpha value is -1.41. The Kier molecular flexibility index (Phi) is 7.64. The monoisotopic (exact) mass is 433 g/mol. The molecule has 0 bridgehead atoms. The van der Waals surface area contributed by atoms with E-state index in [-0.39, 0.29) is 18.8 Å². The van der Waals surface area contributed by atoms with Gasteiger partial charge >= 0.3 is 5.97 Å². The van der Waals surface area contributed by atoms with Crippen LogP contribution in [0.1, 0.15) is 5.56 Å². The minimum atomic E-state index is -3.13. The fourth-order valence-electron chi connectivity index (χ4n) is 2.08. The summed E-state index contributed by atoms with van der Waals surface area (Å²) in [6, 6.07) is 12.4. The van der Waals surface area contributed by atoms with Gasteiger partial charge in [0, 0.05) is 17.7 Å². The smallest absolute Gasteiger partial charge is 0.310 e. The number of rotatable bonds is 8. The van der Waals surface area contributed by atoms with Crippen molar-refractivity contribution >= 4 is 60.2 Å². The largest absolute Gasteiger partial charge is 0.465 e. The molecule has 0 heterocycles. The van der Waals surface area contributed by atoms with E-state index in [1.54, 1.807) is 36.4 Å². The van der Waals surface area contributed by atoms with Crippen molar-refractivity contribution in [2.24, 2.45) is 0 Å². The number of anilines is 2. The van der Waals surface area contributed by atoms with Crippen molar-refractivity contribution in [1.29, 1.82) is 0 Å². The molecule has 2 aromatic rings. The predicted octanol–water partition coefficient (Wildman–Crippen LogP) is 4.52. The molecule has 0 unspecified atom stereocenters. The molecule has 0 atom stereocenters. The Morgan fingerprint density at radius 2 is 1.81 bits per heavy atom. The summed E-state index contributed by atoms with van der Waals surface area (Å²) in [5.74, 6) is -0.219. The molecule has 0 amide bonds.